The van der Waals surface area contributed by atoms with E-state index in [1.165, 1.54) is 0 Å². The lowest BCUT2D eigenvalue weighted by Gasteiger charge is -2.12. The molecule has 4 aromatic rings. The van der Waals surface area contributed by atoms with Crippen LogP contribution >= 0.6 is 11.6 Å². The zero-order valence-electron chi connectivity index (χ0n) is 17.1. The van der Waals surface area contributed by atoms with Crippen molar-refractivity contribution in [3.05, 3.63) is 71.0 Å². The van der Waals surface area contributed by atoms with Gasteiger partial charge in [-0.25, -0.2) is 4.98 Å². The zero-order valence-corrected chi connectivity index (χ0v) is 17.8. The van der Waals surface area contributed by atoms with Crippen LogP contribution in [-0.4, -0.2) is 37.2 Å². The molecule has 4 rings (SSSR count). The first-order valence-electron chi connectivity index (χ1n) is 9.97. The smallest absolute Gasteiger partial charge is 0.226 e. The van der Waals surface area contributed by atoms with Crippen molar-refractivity contribution in [1.82, 2.24) is 19.5 Å². The highest BCUT2D eigenvalue weighted by Crippen LogP contribution is 2.25. The highest BCUT2D eigenvalue weighted by molar-refractivity contribution is 6.30. The number of nitrogens with one attached hydrogen (secondary N) is 2. The summed E-state index contributed by atoms with van der Waals surface area (Å²) in [5.41, 5.74) is 9.02. The average molecular weight is 438 g/mol. The molecular formula is C22H24ClN7O. The number of benzene rings is 2. The second-order valence-electron chi connectivity index (χ2n) is 7.41. The van der Waals surface area contributed by atoms with Gasteiger partial charge in [-0.3, -0.25) is 0 Å². The van der Waals surface area contributed by atoms with E-state index < -0.39 is 0 Å². The summed E-state index contributed by atoms with van der Waals surface area (Å²) in [7, 11) is 0. The maximum atomic E-state index is 10.1. The number of imidazole rings is 1. The molecule has 2 aromatic heterocycles. The third-order valence-electron chi connectivity index (χ3n) is 4.73. The largest absolute Gasteiger partial charge is 0.508 e. The van der Waals surface area contributed by atoms with Gasteiger partial charge in [-0.05, 0) is 30.7 Å². The molecule has 2 aromatic carbocycles. The molecule has 1 atom stereocenters. The average Bonchev–Trinajstić information content (AvgIpc) is 3.16. The van der Waals surface area contributed by atoms with Gasteiger partial charge in [0.1, 0.15) is 5.75 Å². The molecule has 0 aliphatic heterocycles. The Balaban J connectivity index is 1.67. The fourth-order valence-electron chi connectivity index (χ4n) is 3.17. The molecule has 9 heteroatoms. The zero-order chi connectivity index (χ0) is 21.8. The maximum Gasteiger partial charge on any atom is 0.226 e. The fourth-order valence-corrected chi connectivity index (χ4v) is 3.36. The molecule has 0 bridgehead atoms. The SMILES string of the molecule is CC(N)CNc1nc(NCc2cc(Cl)ccc2O)c2ncn(Cc3ccccc3)c2n1. The van der Waals surface area contributed by atoms with Crippen LogP contribution < -0.4 is 16.4 Å². The standard InChI is InChI=1S/C22H24ClN7O/c1-14(24)10-26-22-28-20(25-11-16-9-17(23)7-8-18(16)31)19-21(29-22)30(13-27-19)12-15-5-3-2-4-6-15/h2-9,13-14,31H,10-12,24H2,1H3,(H2,25,26,28,29). The summed E-state index contributed by atoms with van der Waals surface area (Å²) in [5.74, 6) is 1.17. The number of hydrogen-bond donors (Lipinski definition) is 4. The number of nitrogens with zero attached hydrogens (tertiary/aromatic N) is 4. The van der Waals surface area contributed by atoms with Gasteiger partial charge in [0.2, 0.25) is 5.95 Å². The topological polar surface area (TPSA) is 114 Å². The molecule has 160 valence electrons. The fraction of sp³-hybridized carbons (Fsp3) is 0.227. The summed E-state index contributed by atoms with van der Waals surface area (Å²) in [6.07, 6.45) is 1.75. The predicted molar refractivity (Wildman–Crippen MR) is 123 cm³/mol. The number of rotatable bonds is 8. The number of aromatic hydroxyl groups is 1. The Kier molecular flexibility index (Phi) is 6.20. The van der Waals surface area contributed by atoms with E-state index in [1.807, 2.05) is 29.7 Å². The summed E-state index contributed by atoms with van der Waals surface area (Å²) >= 11 is 6.07. The Labute approximate surface area is 185 Å². The van der Waals surface area contributed by atoms with Crippen molar-refractivity contribution in [2.75, 3.05) is 17.2 Å². The van der Waals surface area contributed by atoms with Gasteiger partial charge in [0.05, 0.1) is 12.9 Å². The molecule has 0 aliphatic carbocycles. The number of hydrogen-bond acceptors (Lipinski definition) is 7. The third kappa shape index (κ3) is 5.04. The van der Waals surface area contributed by atoms with E-state index in [0.29, 0.717) is 53.2 Å². The monoisotopic (exact) mass is 437 g/mol. The lowest BCUT2D eigenvalue weighted by Crippen LogP contribution is -2.26. The lowest BCUT2D eigenvalue weighted by molar-refractivity contribution is 0.469. The Bertz CT molecular complexity index is 1180. The van der Waals surface area contributed by atoms with Crippen molar-refractivity contribution in [3.8, 4) is 5.75 Å². The van der Waals surface area contributed by atoms with Crippen molar-refractivity contribution in [1.29, 1.82) is 0 Å². The Morgan fingerprint density at radius 1 is 1.13 bits per heavy atom. The predicted octanol–water partition coefficient (Wildman–Crippen LogP) is 3.60. The molecule has 0 radical (unpaired) electrons. The molecule has 1 unspecified atom stereocenters. The van der Waals surface area contributed by atoms with E-state index in [9.17, 15) is 5.11 Å². The quantitative estimate of drug-likeness (QED) is 0.333. The second kappa shape index (κ2) is 9.20. The number of nitrogens with two attached hydrogens (primary N) is 1. The molecule has 0 amide bonds. The molecule has 0 fully saturated rings. The summed E-state index contributed by atoms with van der Waals surface area (Å²) < 4.78 is 1.98. The van der Waals surface area contributed by atoms with Crippen molar-refractivity contribution in [3.63, 3.8) is 0 Å². The Morgan fingerprint density at radius 3 is 2.71 bits per heavy atom. The van der Waals surface area contributed by atoms with Crippen LogP contribution in [0.5, 0.6) is 5.75 Å². The van der Waals surface area contributed by atoms with Crippen LogP contribution in [0.25, 0.3) is 11.2 Å². The minimum Gasteiger partial charge on any atom is -0.508 e. The van der Waals surface area contributed by atoms with Gasteiger partial charge >= 0.3 is 0 Å². The van der Waals surface area contributed by atoms with Crippen LogP contribution in [-0.2, 0) is 13.1 Å². The number of phenolic OH excluding ortho intramolecular Hbond substituents is 1. The van der Waals surface area contributed by atoms with E-state index >= 15 is 0 Å². The van der Waals surface area contributed by atoms with E-state index in [2.05, 4.69) is 37.7 Å². The van der Waals surface area contributed by atoms with Crippen LogP contribution in [0.4, 0.5) is 11.8 Å². The molecule has 0 spiro atoms. The number of phenols is 1. The Hall–Kier alpha value is -3.36. The Morgan fingerprint density at radius 2 is 1.94 bits per heavy atom. The van der Waals surface area contributed by atoms with Crippen LogP contribution in [0.2, 0.25) is 5.02 Å². The summed E-state index contributed by atoms with van der Waals surface area (Å²) in [6.45, 7) is 3.41. The normalized spacial score (nSPS) is 12.1. The molecule has 5 N–H and O–H groups in total. The van der Waals surface area contributed by atoms with Gasteiger partial charge in [-0.15, -0.1) is 0 Å². The van der Waals surface area contributed by atoms with Gasteiger partial charge in [0.25, 0.3) is 0 Å². The van der Waals surface area contributed by atoms with Gasteiger partial charge in [-0.2, -0.15) is 9.97 Å². The highest BCUT2D eigenvalue weighted by atomic mass is 35.5. The van der Waals surface area contributed by atoms with E-state index in [1.54, 1.807) is 24.5 Å². The summed E-state index contributed by atoms with van der Waals surface area (Å²) in [4.78, 5) is 13.8. The van der Waals surface area contributed by atoms with Crippen molar-refractivity contribution < 1.29 is 5.11 Å². The first-order chi connectivity index (χ1) is 15.0. The summed E-state index contributed by atoms with van der Waals surface area (Å²) in [6, 6.07) is 15.0. The minimum absolute atomic E-state index is 0.0478. The number of aromatic nitrogens is 4. The molecule has 0 saturated heterocycles. The van der Waals surface area contributed by atoms with Crippen molar-refractivity contribution >= 4 is 34.5 Å². The maximum absolute atomic E-state index is 10.1. The molecule has 0 saturated carbocycles. The minimum atomic E-state index is -0.0478. The number of anilines is 2. The number of halogens is 1. The van der Waals surface area contributed by atoms with E-state index in [-0.39, 0.29) is 11.8 Å². The van der Waals surface area contributed by atoms with Gasteiger partial charge < -0.3 is 26.0 Å². The van der Waals surface area contributed by atoms with Crippen LogP contribution in [0.1, 0.15) is 18.1 Å². The molecule has 2 heterocycles. The molecule has 8 nitrogen and oxygen atoms in total. The van der Waals surface area contributed by atoms with E-state index in [4.69, 9.17) is 17.3 Å². The third-order valence-corrected chi connectivity index (χ3v) is 4.96. The highest BCUT2D eigenvalue weighted by Gasteiger charge is 2.15. The molecular weight excluding hydrogens is 414 g/mol. The van der Waals surface area contributed by atoms with Crippen LogP contribution in [0.3, 0.4) is 0 Å². The van der Waals surface area contributed by atoms with E-state index in [0.717, 1.165) is 5.56 Å². The van der Waals surface area contributed by atoms with Gasteiger partial charge in [-0.1, -0.05) is 41.9 Å². The second-order valence-corrected chi connectivity index (χ2v) is 7.85. The number of fused-ring (bicyclic) bond motifs is 1. The van der Waals surface area contributed by atoms with Crippen molar-refractivity contribution in [2.24, 2.45) is 5.73 Å². The molecule has 0 aliphatic rings. The summed E-state index contributed by atoms with van der Waals surface area (Å²) in [5, 5.41) is 17.1. The molecule has 31 heavy (non-hydrogen) atoms. The first kappa shape index (κ1) is 20.9. The lowest BCUT2D eigenvalue weighted by atomic mass is 10.2. The van der Waals surface area contributed by atoms with Gasteiger partial charge in [0.15, 0.2) is 17.0 Å². The van der Waals surface area contributed by atoms with Crippen LogP contribution in [0, 0.1) is 0 Å². The van der Waals surface area contributed by atoms with Gasteiger partial charge in [0, 0.05) is 29.7 Å². The van der Waals surface area contributed by atoms with Crippen molar-refractivity contribution in [2.45, 2.75) is 26.1 Å². The van der Waals surface area contributed by atoms with Crippen LogP contribution in [0.15, 0.2) is 54.9 Å². The first-order valence-corrected chi connectivity index (χ1v) is 10.3.